The first-order valence-corrected chi connectivity index (χ1v) is 9.11. The minimum Gasteiger partial charge on any atom is -0.457 e. The van der Waals surface area contributed by atoms with Crippen molar-refractivity contribution >= 4 is 11.7 Å². The number of rotatable bonds is 7. The molecule has 0 N–H and O–H groups in total. The molecule has 3 rings (SSSR count). The largest absolute Gasteiger partial charge is 0.457 e. The molecule has 6 heteroatoms. The number of benzene rings is 1. The summed E-state index contributed by atoms with van der Waals surface area (Å²) in [6.45, 7) is 8.08. The first-order chi connectivity index (χ1) is 13.2. The quantitative estimate of drug-likeness (QED) is 0.597. The third-order valence-corrected chi connectivity index (χ3v) is 4.55. The number of esters is 1. The standard InChI is InChI=1S/C21H24N4O2/c1-4-24(5-2)19-11-7-6-10-17(19)15-27-21(26)18-14-23-25(16(18)3)20-12-8-9-13-22-20/h6-14H,4-5,15H2,1-3H3. The molecule has 140 valence electrons. The predicted molar refractivity (Wildman–Crippen MR) is 105 cm³/mol. The highest BCUT2D eigenvalue weighted by molar-refractivity contribution is 5.90. The molecule has 2 aromatic heterocycles. The van der Waals surface area contributed by atoms with Gasteiger partial charge in [-0.3, -0.25) is 0 Å². The maximum Gasteiger partial charge on any atom is 0.341 e. The Labute approximate surface area is 159 Å². The number of carbonyl (C=O) groups is 1. The molecule has 0 radical (unpaired) electrons. The maximum atomic E-state index is 12.6. The van der Waals surface area contributed by atoms with Crippen LogP contribution in [0.2, 0.25) is 0 Å². The normalized spacial score (nSPS) is 10.6. The number of aromatic nitrogens is 3. The number of nitrogens with zero attached hydrogens (tertiary/aromatic N) is 4. The van der Waals surface area contributed by atoms with Crippen molar-refractivity contribution in [3.63, 3.8) is 0 Å². The van der Waals surface area contributed by atoms with E-state index < -0.39 is 0 Å². The van der Waals surface area contributed by atoms with E-state index in [0.717, 1.165) is 24.3 Å². The lowest BCUT2D eigenvalue weighted by atomic mass is 10.1. The van der Waals surface area contributed by atoms with Crippen LogP contribution in [0.3, 0.4) is 0 Å². The molecule has 0 fully saturated rings. The van der Waals surface area contributed by atoms with Gasteiger partial charge in [-0.25, -0.2) is 14.5 Å². The molecule has 0 atom stereocenters. The number of ether oxygens (including phenoxy) is 1. The zero-order valence-corrected chi connectivity index (χ0v) is 15.9. The van der Waals surface area contributed by atoms with Crippen molar-refractivity contribution in [2.45, 2.75) is 27.4 Å². The van der Waals surface area contributed by atoms with Crippen LogP contribution in [0.4, 0.5) is 5.69 Å². The number of carbonyl (C=O) groups excluding carboxylic acids is 1. The zero-order chi connectivity index (χ0) is 19.2. The van der Waals surface area contributed by atoms with Crippen LogP contribution < -0.4 is 4.90 Å². The molecular formula is C21H24N4O2. The smallest absolute Gasteiger partial charge is 0.341 e. The van der Waals surface area contributed by atoms with Gasteiger partial charge in [0.15, 0.2) is 5.82 Å². The summed E-state index contributed by atoms with van der Waals surface area (Å²) in [6.07, 6.45) is 3.22. The Morgan fingerprint density at radius 2 is 1.85 bits per heavy atom. The molecule has 0 aliphatic rings. The minimum atomic E-state index is -0.385. The van der Waals surface area contributed by atoms with E-state index in [1.54, 1.807) is 10.9 Å². The number of anilines is 1. The molecule has 3 aromatic rings. The van der Waals surface area contributed by atoms with E-state index in [4.69, 9.17) is 4.74 Å². The second kappa shape index (κ2) is 8.49. The van der Waals surface area contributed by atoms with Gasteiger partial charge >= 0.3 is 5.97 Å². The summed E-state index contributed by atoms with van der Waals surface area (Å²) in [5, 5.41) is 4.28. The monoisotopic (exact) mass is 364 g/mol. The lowest BCUT2D eigenvalue weighted by Crippen LogP contribution is -2.23. The van der Waals surface area contributed by atoms with E-state index in [2.05, 4.69) is 34.9 Å². The molecule has 0 amide bonds. The molecule has 27 heavy (non-hydrogen) atoms. The van der Waals surface area contributed by atoms with Crippen LogP contribution in [-0.2, 0) is 11.3 Å². The first-order valence-electron chi connectivity index (χ1n) is 9.11. The second-order valence-electron chi connectivity index (χ2n) is 6.12. The van der Waals surface area contributed by atoms with Crippen molar-refractivity contribution < 1.29 is 9.53 Å². The van der Waals surface area contributed by atoms with Crippen molar-refractivity contribution in [1.29, 1.82) is 0 Å². The van der Waals surface area contributed by atoms with E-state index in [-0.39, 0.29) is 12.6 Å². The van der Waals surface area contributed by atoms with Crippen LogP contribution in [0.25, 0.3) is 5.82 Å². The van der Waals surface area contributed by atoms with Crippen LogP contribution in [0.5, 0.6) is 0 Å². The fraction of sp³-hybridized carbons (Fsp3) is 0.286. The van der Waals surface area contributed by atoms with Crippen molar-refractivity contribution in [2.24, 2.45) is 0 Å². The van der Waals surface area contributed by atoms with Crippen LogP contribution >= 0.6 is 0 Å². The Kier molecular flexibility index (Phi) is 5.86. The average molecular weight is 364 g/mol. The highest BCUT2D eigenvalue weighted by atomic mass is 16.5. The number of hydrogen-bond donors (Lipinski definition) is 0. The summed E-state index contributed by atoms with van der Waals surface area (Å²) in [6, 6.07) is 13.6. The minimum absolute atomic E-state index is 0.222. The Bertz CT molecular complexity index is 902. The van der Waals surface area contributed by atoms with E-state index >= 15 is 0 Å². The van der Waals surface area contributed by atoms with Crippen molar-refractivity contribution in [1.82, 2.24) is 14.8 Å². The fourth-order valence-electron chi connectivity index (χ4n) is 3.05. The highest BCUT2D eigenvalue weighted by Crippen LogP contribution is 2.22. The van der Waals surface area contributed by atoms with Crippen LogP contribution in [0.15, 0.2) is 54.9 Å². The summed E-state index contributed by atoms with van der Waals surface area (Å²) in [4.78, 5) is 19.1. The summed E-state index contributed by atoms with van der Waals surface area (Å²) in [5.41, 5.74) is 3.23. The molecule has 0 saturated carbocycles. The van der Waals surface area contributed by atoms with Gasteiger partial charge in [-0.15, -0.1) is 0 Å². The van der Waals surface area contributed by atoms with E-state index in [1.807, 2.05) is 43.3 Å². The van der Waals surface area contributed by atoms with Gasteiger partial charge in [-0.1, -0.05) is 24.3 Å². The van der Waals surface area contributed by atoms with Gasteiger partial charge in [0.2, 0.25) is 0 Å². The van der Waals surface area contributed by atoms with E-state index in [0.29, 0.717) is 17.1 Å². The summed E-state index contributed by atoms with van der Waals surface area (Å²) in [7, 11) is 0. The van der Waals surface area contributed by atoms with Crippen LogP contribution in [-0.4, -0.2) is 33.8 Å². The van der Waals surface area contributed by atoms with Crippen molar-refractivity contribution in [3.8, 4) is 5.82 Å². The highest BCUT2D eigenvalue weighted by Gasteiger charge is 2.18. The Balaban J connectivity index is 1.75. The average Bonchev–Trinajstić information content (AvgIpc) is 3.10. The summed E-state index contributed by atoms with van der Waals surface area (Å²) in [5.74, 6) is 0.282. The van der Waals surface area contributed by atoms with E-state index in [9.17, 15) is 4.79 Å². The van der Waals surface area contributed by atoms with Gasteiger partial charge in [0.1, 0.15) is 12.2 Å². The van der Waals surface area contributed by atoms with Gasteiger partial charge < -0.3 is 9.64 Å². The summed E-state index contributed by atoms with van der Waals surface area (Å²) < 4.78 is 7.22. The van der Waals surface area contributed by atoms with Crippen LogP contribution in [0.1, 0.15) is 35.5 Å². The Hall–Kier alpha value is -3.15. The van der Waals surface area contributed by atoms with Crippen LogP contribution in [0, 0.1) is 6.92 Å². The predicted octanol–water partition coefficient (Wildman–Crippen LogP) is 3.78. The molecule has 2 heterocycles. The SMILES string of the molecule is CCN(CC)c1ccccc1COC(=O)c1cnn(-c2ccccn2)c1C. The third kappa shape index (κ3) is 4.00. The van der Waals surface area contributed by atoms with Gasteiger partial charge in [-0.05, 0) is 39.0 Å². The third-order valence-electron chi connectivity index (χ3n) is 4.55. The second-order valence-corrected chi connectivity index (χ2v) is 6.12. The first kappa shape index (κ1) is 18.6. The number of para-hydroxylation sites is 1. The molecule has 6 nitrogen and oxygen atoms in total. The number of hydrogen-bond acceptors (Lipinski definition) is 5. The fourth-order valence-corrected chi connectivity index (χ4v) is 3.05. The maximum absolute atomic E-state index is 12.6. The molecular weight excluding hydrogens is 340 g/mol. The molecule has 0 unspecified atom stereocenters. The topological polar surface area (TPSA) is 60.2 Å². The number of pyridine rings is 1. The molecule has 0 aliphatic carbocycles. The molecule has 0 aliphatic heterocycles. The molecule has 0 saturated heterocycles. The Morgan fingerprint density at radius 3 is 2.56 bits per heavy atom. The van der Waals surface area contributed by atoms with Gasteiger partial charge in [-0.2, -0.15) is 5.10 Å². The lowest BCUT2D eigenvalue weighted by molar-refractivity contribution is 0.0472. The lowest BCUT2D eigenvalue weighted by Gasteiger charge is -2.24. The molecule has 0 spiro atoms. The summed E-state index contributed by atoms with van der Waals surface area (Å²) >= 11 is 0. The molecule has 0 bridgehead atoms. The van der Waals surface area contributed by atoms with Crippen molar-refractivity contribution in [2.75, 3.05) is 18.0 Å². The van der Waals surface area contributed by atoms with Gasteiger partial charge in [0.25, 0.3) is 0 Å². The van der Waals surface area contributed by atoms with E-state index in [1.165, 1.54) is 6.20 Å². The van der Waals surface area contributed by atoms with Gasteiger partial charge in [0, 0.05) is 30.5 Å². The zero-order valence-electron chi connectivity index (χ0n) is 15.9. The molecule has 1 aromatic carbocycles. The van der Waals surface area contributed by atoms with Crippen molar-refractivity contribution in [3.05, 3.63) is 71.7 Å². The Morgan fingerprint density at radius 1 is 1.11 bits per heavy atom. The van der Waals surface area contributed by atoms with Gasteiger partial charge in [0.05, 0.1) is 11.9 Å².